The van der Waals surface area contributed by atoms with Crippen LogP contribution >= 0.6 is 15.9 Å². The second-order valence-electron chi connectivity index (χ2n) is 3.93. The number of rotatable bonds is 4. The molecule has 0 aliphatic carbocycles. The van der Waals surface area contributed by atoms with Crippen LogP contribution in [0.15, 0.2) is 45.9 Å². The molecule has 2 rings (SSSR count). The molecule has 2 N–H and O–H groups in total. The van der Waals surface area contributed by atoms with Crippen molar-refractivity contribution >= 4 is 21.8 Å². The summed E-state index contributed by atoms with van der Waals surface area (Å²) in [6.45, 7) is 0.515. The number of aromatic nitrogens is 2. The normalized spacial score (nSPS) is 10.2. The molecule has 1 aromatic carbocycles. The fourth-order valence-electron chi connectivity index (χ4n) is 1.53. The molecule has 98 valence electrons. The van der Waals surface area contributed by atoms with Gasteiger partial charge in [-0.2, -0.15) is 0 Å². The molecule has 0 saturated heterocycles. The largest absolute Gasteiger partial charge is 0.350 e. The number of nitrogens with one attached hydrogen (secondary N) is 2. The number of aromatic amines is 1. The molecule has 0 fully saturated rings. The number of carbonyl (C=O) groups is 1. The van der Waals surface area contributed by atoms with Crippen molar-refractivity contribution < 1.29 is 4.79 Å². The van der Waals surface area contributed by atoms with Gasteiger partial charge in [0.1, 0.15) is 5.69 Å². The standard InChI is InChI=1S/C13H12BrN3O2/c14-10-3-1-9(2-4-10)5-6-15-13(19)11-7-17-12(18)8-16-11/h1-4,7-8H,5-6H2,(H,15,19)(H,17,18). The third kappa shape index (κ3) is 4.03. The minimum Gasteiger partial charge on any atom is -0.350 e. The summed E-state index contributed by atoms with van der Waals surface area (Å²) < 4.78 is 1.03. The zero-order valence-corrected chi connectivity index (χ0v) is 11.6. The molecule has 0 atom stereocenters. The van der Waals surface area contributed by atoms with E-state index in [1.165, 1.54) is 6.20 Å². The Morgan fingerprint density at radius 2 is 2.05 bits per heavy atom. The van der Waals surface area contributed by atoms with Crippen LogP contribution in [0.4, 0.5) is 0 Å². The van der Waals surface area contributed by atoms with Crippen LogP contribution in [0.1, 0.15) is 16.1 Å². The Hall–Kier alpha value is -1.95. The average molecular weight is 322 g/mol. The van der Waals surface area contributed by atoms with Gasteiger partial charge in [-0.3, -0.25) is 9.59 Å². The molecule has 1 aromatic heterocycles. The van der Waals surface area contributed by atoms with E-state index in [1.54, 1.807) is 0 Å². The first-order valence-corrected chi connectivity index (χ1v) is 6.52. The Morgan fingerprint density at radius 3 is 2.68 bits per heavy atom. The van der Waals surface area contributed by atoms with Gasteiger partial charge >= 0.3 is 0 Å². The number of hydrogen-bond donors (Lipinski definition) is 2. The number of carbonyl (C=O) groups excluding carboxylic acids is 1. The number of H-pyrrole nitrogens is 1. The number of halogens is 1. The summed E-state index contributed by atoms with van der Waals surface area (Å²) in [6.07, 6.45) is 3.13. The predicted octanol–water partition coefficient (Wildman–Crippen LogP) is 1.50. The van der Waals surface area contributed by atoms with Crippen LogP contribution in [0.25, 0.3) is 0 Å². The maximum Gasteiger partial charge on any atom is 0.271 e. The Bertz CT molecular complexity index is 602. The summed E-state index contributed by atoms with van der Waals surface area (Å²) in [5.41, 5.74) is 1.01. The number of hydrogen-bond acceptors (Lipinski definition) is 3. The van der Waals surface area contributed by atoms with Gasteiger partial charge in [0.05, 0.1) is 6.20 Å². The second-order valence-corrected chi connectivity index (χ2v) is 4.84. The van der Waals surface area contributed by atoms with E-state index in [4.69, 9.17) is 0 Å². The molecule has 0 unspecified atom stereocenters. The van der Waals surface area contributed by atoms with Crippen molar-refractivity contribution in [3.8, 4) is 0 Å². The zero-order chi connectivity index (χ0) is 13.7. The molecule has 5 nitrogen and oxygen atoms in total. The van der Waals surface area contributed by atoms with Crippen LogP contribution in [-0.4, -0.2) is 22.4 Å². The molecular weight excluding hydrogens is 310 g/mol. The average Bonchev–Trinajstić information content (AvgIpc) is 2.41. The predicted molar refractivity (Wildman–Crippen MR) is 75.0 cm³/mol. The van der Waals surface area contributed by atoms with E-state index in [9.17, 15) is 9.59 Å². The van der Waals surface area contributed by atoms with Crippen molar-refractivity contribution in [3.63, 3.8) is 0 Å². The fourth-order valence-corrected chi connectivity index (χ4v) is 1.79. The van der Waals surface area contributed by atoms with Crippen molar-refractivity contribution in [2.45, 2.75) is 6.42 Å². The molecule has 0 aliphatic rings. The Balaban J connectivity index is 1.85. The van der Waals surface area contributed by atoms with Gasteiger partial charge in [-0.1, -0.05) is 28.1 Å². The minimum absolute atomic E-state index is 0.204. The maximum atomic E-state index is 11.7. The third-order valence-electron chi connectivity index (χ3n) is 2.52. The van der Waals surface area contributed by atoms with E-state index >= 15 is 0 Å². The highest BCUT2D eigenvalue weighted by Crippen LogP contribution is 2.10. The van der Waals surface area contributed by atoms with E-state index in [-0.39, 0.29) is 17.2 Å². The van der Waals surface area contributed by atoms with Crippen LogP contribution in [0.2, 0.25) is 0 Å². The molecule has 19 heavy (non-hydrogen) atoms. The molecule has 2 aromatic rings. The summed E-state index contributed by atoms with van der Waals surface area (Å²) in [7, 11) is 0. The first-order chi connectivity index (χ1) is 9.15. The van der Waals surface area contributed by atoms with Crippen molar-refractivity contribution in [3.05, 3.63) is 62.7 Å². The monoisotopic (exact) mass is 321 g/mol. The smallest absolute Gasteiger partial charge is 0.271 e. The Kier molecular flexibility index (Phi) is 4.46. The number of nitrogens with zero attached hydrogens (tertiary/aromatic N) is 1. The van der Waals surface area contributed by atoms with Crippen molar-refractivity contribution in [1.29, 1.82) is 0 Å². The Labute approximate surface area is 118 Å². The van der Waals surface area contributed by atoms with Crippen LogP contribution in [0.3, 0.4) is 0 Å². The lowest BCUT2D eigenvalue weighted by atomic mass is 10.1. The van der Waals surface area contributed by atoms with E-state index in [0.29, 0.717) is 6.54 Å². The Morgan fingerprint density at radius 1 is 1.32 bits per heavy atom. The molecule has 0 radical (unpaired) electrons. The van der Waals surface area contributed by atoms with Crippen molar-refractivity contribution in [2.75, 3.05) is 6.54 Å². The van der Waals surface area contributed by atoms with Crippen molar-refractivity contribution in [1.82, 2.24) is 15.3 Å². The quantitative estimate of drug-likeness (QED) is 0.896. The van der Waals surface area contributed by atoms with Gasteiger partial charge in [-0.05, 0) is 24.1 Å². The van der Waals surface area contributed by atoms with E-state index in [1.807, 2.05) is 24.3 Å². The molecule has 0 spiro atoms. The lowest BCUT2D eigenvalue weighted by molar-refractivity contribution is 0.0948. The summed E-state index contributed by atoms with van der Waals surface area (Å²) in [5.74, 6) is -0.298. The topological polar surface area (TPSA) is 74.8 Å². The van der Waals surface area contributed by atoms with Gasteiger partial charge < -0.3 is 10.3 Å². The van der Waals surface area contributed by atoms with Crippen LogP contribution in [-0.2, 0) is 6.42 Å². The highest BCUT2D eigenvalue weighted by molar-refractivity contribution is 9.10. The van der Waals surface area contributed by atoms with Gasteiger partial charge in [0.15, 0.2) is 0 Å². The second kappa shape index (κ2) is 6.29. The third-order valence-corrected chi connectivity index (χ3v) is 3.05. The van der Waals surface area contributed by atoms with Gasteiger partial charge in [0, 0.05) is 17.2 Å². The molecule has 0 saturated carbocycles. The summed E-state index contributed by atoms with van der Waals surface area (Å²) in [4.78, 5) is 28.7. The molecule has 1 heterocycles. The highest BCUT2D eigenvalue weighted by Gasteiger charge is 2.05. The van der Waals surface area contributed by atoms with Crippen molar-refractivity contribution in [2.24, 2.45) is 0 Å². The summed E-state index contributed by atoms with van der Waals surface area (Å²) in [5, 5.41) is 2.75. The molecule has 1 amide bonds. The van der Waals surface area contributed by atoms with Gasteiger partial charge in [-0.15, -0.1) is 0 Å². The van der Waals surface area contributed by atoms with Gasteiger partial charge in [-0.25, -0.2) is 4.98 Å². The van der Waals surface area contributed by atoms with Crippen LogP contribution in [0.5, 0.6) is 0 Å². The molecular formula is C13H12BrN3O2. The maximum absolute atomic E-state index is 11.7. The first-order valence-electron chi connectivity index (χ1n) is 5.72. The molecule has 0 aliphatic heterocycles. The number of amides is 1. The van der Waals surface area contributed by atoms with Gasteiger partial charge in [0.2, 0.25) is 0 Å². The lowest BCUT2D eigenvalue weighted by Crippen LogP contribution is -2.27. The SMILES string of the molecule is O=C(NCCc1ccc(Br)cc1)c1c[nH]c(=O)cn1. The summed E-state index contributed by atoms with van der Waals surface area (Å²) in [6, 6.07) is 7.91. The fraction of sp³-hybridized carbons (Fsp3) is 0.154. The highest BCUT2D eigenvalue weighted by atomic mass is 79.9. The summed E-state index contributed by atoms with van der Waals surface area (Å²) >= 11 is 3.37. The molecule has 6 heteroatoms. The van der Waals surface area contributed by atoms with E-state index in [2.05, 4.69) is 31.2 Å². The van der Waals surface area contributed by atoms with Gasteiger partial charge in [0.25, 0.3) is 11.5 Å². The minimum atomic E-state index is -0.327. The van der Waals surface area contributed by atoms with Crippen LogP contribution in [0, 0.1) is 0 Å². The lowest BCUT2D eigenvalue weighted by Gasteiger charge is -2.04. The molecule has 0 bridgehead atoms. The van der Waals surface area contributed by atoms with Crippen LogP contribution < -0.4 is 10.9 Å². The van der Waals surface area contributed by atoms with E-state index < -0.39 is 0 Å². The number of benzene rings is 1. The van der Waals surface area contributed by atoms with E-state index in [0.717, 1.165) is 22.7 Å². The first kappa shape index (κ1) is 13.5. The zero-order valence-electron chi connectivity index (χ0n) is 10.0.